The Balaban J connectivity index is 1.47. The first-order valence-electron chi connectivity index (χ1n) is 9.90. The van der Waals surface area contributed by atoms with Crippen molar-refractivity contribution in [3.8, 4) is 5.88 Å². The van der Waals surface area contributed by atoms with Crippen LogP contribution < -0.4 is 4.74 Å². The molecule has 6 heteroatoms. The van der Waals surface area contributed by atoms with Gasteiger partial charge in [-0.05, 0) is 39.2 Å². The Labute approximate surface area is 160 Å². The van der Waals surface area contributed by atoms with Gasteiger partial charge in [-0.25, -0.2) is 15.0 Å². The summed E-state index contributed by atoms with van der Waals surface area (Å²) in [5.41, 5.74) is 4.60. The van der Waals surface area contributed by atoms with Crippen LogP contribution in [0.5, 0.6) is 5.88 Å². The molecule has 4 heterocycles. The van der Waals surface area contributed by atoms with Crippen LogP contribution in [0.2, 0.25) is 0 Å². The van der Waals surface area contributed by atoms with Crippen LogP contribution in [0.3, 0.4) is 0 Å². The second-order valence-electron chi connectivity index (χ2n) is 7.55. The number of nitrogens with zero attached hydrogens (tertiary/aromatic N) is 5. The number of ether oxygens (including phenoxy) is 1. The molecule has 0 bridgehead atoms. The molecule has 0 amide bonds. The van der Waals surface area contributed by atoms with Crippen molar-refractivity contribution < 1.29 is 4.74 Å². The van der Waals surface area contributed by atoms with Crippen molar-refractivity contribution in [1.82, 2.24) is 19.9 Å². The summed E-state index contributed by atoms with van der Waals surface area (Å²) in [5.74, 6) is 1.57. The third-order valence-corrected chi connectivity index (χ3v) is 4.99. The molecular weight excluding hydrogens is 338 g/mol. The highest BCUT2D eigenvalue weighted by molar-refractivity contribution is 5.97. The lowest BCUT2D eigenvalue weighted by Gasteiger charge is -2.28. The predicted molar refractivity (Wildman–Crippen MR) is 105 cm³/mol. The van der Waals surface area contributed by atoms with Crippen molar-refractivity contribution in [2.24, 2.45) is 4.99 Å². The third-order valence-electron chi connectivity index (χ3n) is 4.99. The molecule has 2 aromatic heterocycles. The lowest BCUT2D eigenvalue weighted by molar-refractivity contribution is 0.211. The molecule has 2 aliphatic heterocycles. The maximum Gasteiger partial charge on any atom is 0.218 e. The molecule has 0 N–H and O–H groups in total. The maximum absolute atomic E-state index is 5.86. The number of rotatable bonds is 5. The van der Waals surface area contributed by atoms with Gasteiger partial charge < -0.3 is 4.74 Å². The van der Waals surface area contributed by atoms with Crippen molar-refractivity contribution in [3.05, 3.63) is 47.2 Å². The van der Waals surface area contributed by atoms with Crippen LogP contribution in [0.15, 0.2) is 29.5 Å². The third kappa shape index (κ3) is 4.33. The fourth-order valence-corrected chi connectivity index (χ4v) is 3.64. The van der Waals surface area contributed by atoms with Gasteiger partial charge in [0.2, 0.25) is 5.88 Å². The van der Waals surface area contributed by atoms with E-state index in [0.717, 1.165) is 62.0 Å². The highest BCUT2D eigenvalue weighted by atomic mass is 16.5. The van der Waals surface area contributed by atoms with Gasteiger partial charge in [0.1, 0.15) is 0 Å². The minimum atomic E-state index is 0.121. The van der Waals surface area contributed by atoms with Crippen molar-refractivity contribution in [2.75, 3.05) is 13.1 Å². The van der Waals surface area contributed by atoms with Crippen molar-refractivity contribution in [3.63, 3.8) is 0 Å². The molecule has 2 aliphatic rings. The number of aromatic nitrogens is 3. The largest absolute Gasteiger partial charge is 0.475 e. The number of hydrogen-bond donors (Lipinski definition) is 0. The molecule has 0 aliphatic carbocycles. The second kappa shape index (κ2) is 8.13. The molecule has 142 valence electrons. The van der Waals surface area contributed by atoms with Crippen LogP contribution in [0, 0.1) is 0 Å². The van der Waals surface area contributed by atoms with E-state index in [2.05, 4.69) is 25.9 Å². The van der Waals surface area contributed by atoms with Gasteiger partial charge in [-0.15, -0.1) is 0 Å². The van der Waals surface area contributed by atoms with E-state index in [9.17, 15) is 0 Å². The van der Waals surface area contributed by atoms with E-state index in [-0.39, 0.29) is 6.10 Å². The van der Waals surface area contributed by atoms with Crippen molar-refractivity contribution in [1.29, 1.82) is 0 Å². The first-order chi connectivity index (χ1) is 13.2. The van der Waals surface area contributed by atoms with Crippen LogP contribution in [0.4, 0.5) is 0 Å². The molecule has 0 fully saturated rings. The fraction of sp³-hybridized carbons (Fsp3) is 0.524. The van der Waals surface area contributed by atoms with Crippen molar-refractivity contribution in [2.45, 2.75) is 58.7 Å². The van der Waals surface area contributed by atoms with Gasteiger partial charge in [-0.1, -0.05) is 6.07 Å². The van der Waals surface area contributed by atoms with Gasteiger partial charge >= 0.3 is 0 Å². The number of pyridine rings is 1. The molecule has 0 radical (unpaired) electrons. The van der Waals surface area contributed by atoms with Gasteiger partial charge in [0, 0.05) is 56.1 Å². The molecule has 0 unspecified atom stereocenters. The Kier molecular flexibility index (Phi) is 5.43. The summed E-state index contributed by atoms with van der Waals surface area (Å²) >= 11 is 0. The average Bonchev–Trinajstić information content (AvgIpc) is 2.69. The van der Waals surface area contributed by atoms with Crippen LogP contribution in [-0.4, -0.2) is 44.8 Å². The summed E-state index contributed by atoms with van der Waals surface area (Å²) in [6.07, 6.45) is 8.23. The van der Waals surface area contributed by atoms with E-state index in [1.807, 2.05) is 26.1 Å². The van der Waals surface area contributed by atoms with Crippen molar-refractivity contribution >= 4 is 5.71 Å². The average molecular weight is 365 g/mol. The van der Waals surface area contributed by atoms with Gasteiger partial charge in [-0.3, -0.25) is 9.89 Å². The Morgan fingerprint density at radius 3 is 2.93 bits per heavy atom. The monoisotopic (exact) mass is 365 g/mol. The molecule has 0 atom stereocenters. The summed E-state index contributed by atoms with van der Waals surface area (Å²) in [4.78, 5) is 20.9. The lowest BCUT2D eigenvalue weighted by atomic mass is 10.0. The zero-order chi connectivity index (χ0) is 18.6. The summed E-state index contributed by atoms with van der Waals surface area (Å²) in [6, 6.07) is 4.07. The number of aliphatic imine (C=N–C) groups is 1. The Bertz CT molecular complexity index is 833. The van der Waals surface area contributed by atoms with E-state index in [1.165, 1.54) is 24.1 Å². The molecule has 27 heavy (non-hydrogen) atoms. The second-order valence-corrected chi connectivity index (χ2v) is 7.55. The highest BCUT2D eigenvalue weighted by Gasteiger charge is 2.21. The van der Waals surface area contributed by atoms with Crippen LogP contribution in [0.25, 0.3) is 0 Å². The normalized spacial score (nSPS) is 17.5. The zero-order valence-electron chi connectivity index (χ0n) is 16.2. The van der Waals surface area contributed by atoms with E-state index in [1.54, 1.807) is 6.20 Å². The lowest BCUT2D eigenvalue weighted by Crippen LogP contribution is -2.31. The SMILES string of the molecule is CC(C)Oc1ncccc1CN1CCc2nc(C3=NCCCC3)ncc2C1. The van der Waals surface area contributed by atoms with Gasteiger partial charge in [0.25, 0.3) is 0 Å². The first-order valence-corrected chi connectivity index (χ1v) is 9.90. The molecule has 2 aromatic rings. The van der Waals surface area contributed by atoms with E-state index < -0.39 is 0 Å². The minimum absolute atomic E-state index is 0.121. The zero-order valence-corrected chi connectivity index (χ0v) is 16.2. The van der Waals surface area contributed by atoms with E-state index in [0.29, 0.717) is 0 Å². The predicted octanol–water partition coefficient (Wildman–Crippen LogP) is 3.19. The molecule has 0 saturated carbocycles. The topological polar surface area (TPSA) is 63.5 Å². The van der Waals surface area contributed by atoms with Crippen LogP contribution in [-0.2, 0) is 19.5 Å². The molecule has 0 spiro atoms. The van der Waals surface area contributed by atoms with Gasteiger partial charge in [-0.2, -0.15) is 0 Å². The fourth-order valence-electron chi connectivity index (χ4n) is 3.64. The Hall–Kier alpha value is -2.34. The van der Waals surface area contributed by atoms with Crippen LogP contribution in [0.1, 0.15) is 55.8 Å². The van der Waals surface area contributed by atoms with Gasteiger partial charge in [0.05, 0.1) is 17.5 Å². The Morgan fingerprint density at radius 2 is 2.11 bits per heavy atom. The molecule has 0 aromatic carbocycles. The van der Waals surface area contributed by atoms with Gasteiger partial charge in [0.15, 0.2) is 5.82 Å². The molecular formula is C21H27N5O. The van der Waals surface area contributed by atoms with Crippen LogP contribution >= 0.6 is 0 Å². The van der Waals surface area contributed by atoms with E-state index >= 15 is 0 Å². The minimum Gasteiger partial charge on any atom is -0.475 e. The smallest absolute Gasteiger partial charge is 0.218 e. The summed E-state index contributed by atoms with van der Waals surface area (Å²) < 4.78 is 5.86. The number of hydrogen-bond acceptors (Lipinski definition) is 6. The van der Waals surface area contributed by atoms with E-state index in [4.69, 9.17) is 9.72 Å². The Morgan fingerprint density at radius 1 is 1.19 bits per heavy atom. The molecule has 6 nitrogen and oxygen atoms in total. The maximum atomic E-state index is 5.86. The summed E-state index contributed by atoms with van der Waals surface area (Å²) in [5, 5.41) is 0. The number of fused-ring (bicyclic) bond motifs is 1. The first kappa shape index (κ1) is 18.0. The molecule has 4 rings (SSSR count). The highest BCUT2D eigenvalue weighted by Crippen LogP contribution is 2.23. The quantitative estimate of drug-likeness (QED) is 0.814. The summed E-state index contributed by atoms with van der Waals surface area (Å²) in [6.45, 7) is 7.63. The molecule has 0 saturated heterocycles. The summed E-state index contributed by atoms with van der Waals surface area (Å²) in [7, 11) is 0. The standard InChI is InChI=1S/C21H27N5O/c1-15(2)27-21-16(6-5-10-23-21)13-26-11-8-18-17(14-26)12-24-20(25-18)19-7-3-4-9-22-19/h5-6,10,12,15H,3-4,7-9,11,13-14H2,1-2H3.